The fourth-order valence-electron chi connectivity index (χ4n) is 0.762. The van der Waals surface area contributed by atoms with E-state index in [4.69, 9.17) is 5.73 Å². The highest BCUT2D eigenvalue weighted by Gasteiger charge is 1.99. The Hall–Kier alpha value is -1.06. The van der Waals surface area contributed by atoms with Gasteiger partial charge in [0.05, 0.1) is 12.4 Å². The minimum atomic E-state index is -0.379. The molecule has 1 heterocycles. The molecule has 0 fully saturated rings. The fraction of sp³-hybridized carbons (Fsp3) is 0.500. The molecular weight excluding hydrogens is 133 g/mol. The van der Waals surface area contributed by atoms with Crippen molar-refractivity contribution < 1.29 is 4.39 Å². The summed E-state index contributed by atoms with van der Waals surface area (Å²) in [5, 5.41) is 3.95. The Morgan fingerprint density at radius 1 is 1.80 bits per heavy atom. The minimum Gasteiger partial charge on any atom is -0.384 e. The zero-order valence-corrected chi connectivity index (χ0v) is 5.84. The smallest absolute Gasteiger partial charge is 0.121 e. The Bertz CT molecular complexity index is 199. The normalized spacial score (nSPS) is 10.2. The first-order valence-corrected chi connectivity index (χ1v) is 3.08. The number of hydrogen-bond donors (Lipinski definition) is 1. The van der Waals surface area contributed by atoms with E-state index in [1.165, 1.54) is 4.68 Å². The van der Waals surface area contributed by atoms with E-state index in [1.54, 1.807) is 13.1 Å². The lowest BCUT2D eigenvalue weighted by Gasteiger charge is -1.88. The minimum absolute atomic E-state index is 0.352. The quantitative estimate of drug-likeness (QED) is 0.655. The van der Waals surface area contributed by atoms with Gasteiger partial charge in [0.2, 0.25) is 0 Å². The molecule has 3 nitrogen and oxygen atoms in total. The van der Waals surface area contributed by atoms with Gasteiger partial charge < -0.3 is 5.73 Å². The van der Waals surface area contributed by atoms with Crippen LogP contribution in [0.15, 0.2) is 6.07 Å². The van der Waals surface area contributed by atoms with Gasteiger partial charge in [0.25, 0.3) is 0 Å². The maximum absolute atomic E-state index is 11.7. The van der Waals surface area contributed by atoms with E-state index in [1.807, 2.05) is 0 Å². The molecule has 0 amide bonds. The lowest BCUT2D eigenvalue weighted by molar-refractivity contribution is 0.490. The summed E-state index contributed by atoms with van der Waals surface area (Å²) in [5.74, 6) is 0.573. The lowest BCUT2D eigenvalue weighted by Crippen LogP contribution is -1.97. The number of rotatable bonds is 2. The molecule has 0 saturated heterocycles. The third-order valence-corrected chi connectivity index (χ3v) is 1.32. The summed E-state index contributed by atoms with van der Waals surface area (Å²) in [5.41, 5.74) is 6.16. The van der Waals surface area contributed by atoms with Crippen LogP contribution in [0.3, 0.4) is 0 Å². The number of anilines is 1. The molecule has 0 aliphatic heterocycles. The van der Waals surface area contributed by atoms with Gasteiger partial charge in [0, 0.05) is 19.5 Å². The number of nitrogens with zero attached hydrogens (tertiary/aromatic N) is 2. The highest BCUT2D eigenvalue weighted by molar-refractivity contribution is 5.30. The molecule has 0 spiro atoms. The van der Waals surface area contributed by atoms with Gasteiger partial charge in [-0.15, -0.1) is 0 Å². The molecular formula is C6H10FN3. The van der Waals surface area contributed by atoms with Gasteiger partial charge in [0.1, 0.15) is 5.82 Å². The van der Waals surface area contributed by atoms with Crippen molar-refractivity contribution in [1.29, 1.82) is 0 Å². The molecule has 1 rings (SSSR count). The van der Waals surface area contributed by atoms with Crippen molar-refractivity contribution in [1.82, 2.24) is 9.78 Å². The van der Waals surface area contributed by atoms with Gasteiger partial charge in [-0.05, 0) is 0 Å². The molecule has 0 aliphatic rings. The topological polar surface area (TPSA) is 43.8 Å². The molecule has 4 heteroatoms. The van der Waals surface area contributed by atoms with Crippen molar-refractivity contribution in [3.63, 3.8) is 0 Å². The summed E-state index contributed by atoms with van der Waals surface area (Å²) < 4.78 is 13.3. The second-order valence-corrected chi connectivity index (χ2v) is 2.12. The summed E-state index contributed by atoms with van der Waals surface area (Å²) >= 11 is 0. The second kappa shape index (κ2) is 2.68. The van der Waals surface area contributed by atoms with Crippen LogP contribution in [0, 0.1) is 0 Å². The van der Waals surface area contributed by atoms with E-state index in [9.17, 15) is 4.39 Å². The van der Waals surface area contributed by atoms with Gasteiger partial charge >= 0.3 is 0 Å². The number of hydrogen-bond acceptors (Lipinski definition) is 2. The van der Waals surface area contributed by atoms with Gasteiger partial charge in [-0.25, -0.2) is 0 Å². The van der Waals surface area contributed by atoms with Crippen LogP contribution in [-0.2, 0) is 13.5 Å². The Morgan fingerprint density at radius 3 is 2.90 bits per heavy atom. The third kappa shape index (κ3) is 1.26. The molecule has 1 aromatic heterocycles. The van der Waals surface area contributed by atoms with Crippen molar-refractivity contribution in [2.24, 2.45) is 7.05 Å². The van der Waals surface area contributed by atoms with Crippen molar-refractivity contribution in [3.8, 4) is 0 Å². The zero-order chi connectivity index (χ0) is 7.56. The van der Waals surface area contributed by atoms with E-state index in [-0.39, 0.29) is 6.67 Å². The number of aromatic nitrogens is 2. The summed E-state index contributed by atoms with van der Waals surface area (Å²) in [4.78, 5) is 0. The summed E-state index contributed by atoms with van der Waals surface area (Å²) in [6, 6.07) is 1.68. The Balaban J connectivity index is 2.77. The number of halogens is 1. The number of alkyl halides is 1. The fourth-order valence-corrected chi connectivity index (χ4v) is 0.762. The summed E-state index contributed by atoms with van der Waals surface area (Å²) in [6.07, 6.45) is 0.352. The number of aryl methyl sites for hydroxylation is 2. The molecule has 0 atom stereocenters. The molecule has 0 radical (unpaired) electrons. The van der Waals surface area contributed by atoms with E-state index in [0.29, 0.717) is 17.9 Å². The SMILES string of the molecule is Cn1nc(CCF)cc1N. The maximum Gasteiger partial charge on any atom is 0.121 e. The third-order valence-electron chi connectivity index (χ3n) is 1.32. The van der Waals surface area contributed by atoms with Crippen molar-refractivity contribution >= 4 is 5.82 Å². The van der Waals surface area contributed by atoms with E-state index in [0.717, 1.165) is 0 Å². The molecule has 0 aliphatic carbocycles. The van der Waals surface area contributed by atoms with Crippen LogP contribution < -0.4 is 5.73 Å². The van der Waals surface area contributed by atoms with Crippen molar-refractivity contribution in [2.75, 3.05) is 12.4 Å². The van der Waals surface area contributed by atoms with Crippen molar-refractivity contribution in [2.45, 2.75) is 6.42 Å². The first-order chi connectivity index (χ1) is 4.74. The average molecular weight is 143 g/mol. The van der Waals surface area contributed by atoms with E-state index in [2.05, 4.69) is 5.10 Å². The standard InChI is InChI=1S/C6H10FN3/c1-10-6(8)4-5(9-10)2-3-7/h4H,2-3,8H2,1H3. The Labute approximate surface area is 58.6 Å². The summed E-state index contributed by atoms with van der Waals surface area (Å²) in [6.45, 7) is -0.379. The first-order valence-electron chi connectivity index (χ1n) is 3.08. The predicted octanol–water partition coefficient (Wildman–Crippen LogP) is 0.514. The van der Waals surface area contributed by atoms with Crippen LogP contribution in [0.25, 0.3) is 0 Å². The monoisotopic (exact) mass is 143 g/mol. The highest BCUT2D eigenvalue weighted by Crippen LogP contribution is 2.04. The Morgan fingerprint density at radius 2 is 2.50 bits per heavy atom. The molecule has 1 aromatic rings. The van der Waals surface area contributed by atoms with Crippen LogP contribution in [0.4, 0.5) is 10.2 Å². The molecule has 2 N–H and O–H groups in total. The van der Waals surface area contributed by atoms with Gasteiger partial charge in [-0.2, -0.15) is 5.10 Å². The molecule has 0 bridgehead atoms. The zero-order valence-electron chi connectivity index (χ0n) is 5.84. The first kappa shape index (κ1) is 7.05. The Kier molecular flexibility index (Phi) is 1.89. The van der Waals surface area contributed by atoms with Gasteiger partial charge in [0.15, 0.2) is 0 Å². The predicted molar refractivity (Wildman–Crippen MR) is 37.3 cm³/mol. The van der Waals surface area contributed by atoms with E-state index < -0.39 is 0 Å². The maximum atomic E-state index is 11.7. The van der Waals surface area contributed by atoms with Gasteiger partial charge in [-0.3, -0.25) is 9.07 Å². The van der Waals surface area contributed by atoms with Crippen LogP contribution in [0.5, 0.6) is 0 Å². The highest BCUT2D eigenvalue weighted by atomic mass is 19.1. The molecule has 0 aromatic carbocycles. The summed E-state index contributed by atoms with van der Waals surface area (Å²) in [7, 11) is 1.73. The van der Waals surface area contributed by atoms with E-state index >= 15 is 0 Å². The lowest BCUT2D eigenvalue weighted by atomic mass is 10.3. The van der Waals surface area contributed by atoms with Crippen LogP contribution >= 0.6 is 0 Å². The number of nitrogens with two attached hydrogens (primary N) is 1. The van der Waals surface area contributed by atoms with Gasteiger partial charge in [-0.1, -0.05) is 0 Å². The largest absolute Gasteiger partial charge is 0.384 e. The van der Waals surface area contributed by atoms with Crippen molar-refractivity contribution in [3.05, 3.63) is 11.8 Å². The number of nitrogen functional groups attached to an aromatic ring is 1. The molecule has 56 valence electrons. The molecule has 0 unspecified atom stereocenters. The van der Waals surface area contributed by atoms with Crippen LogP contribution in [-0.4, -0.2) is 16.5 Å². The molecule has 10 heavy (non-hydrogen) atoms. The average Bonchev–Trinajstić information content (AvgIpc) is 2.14. The second-order valence-electron chi connectivity index (χ2n) is 2.12. The van der Waals surface area contributed by atoms with Crippen LogP contribution in [0.2, 0.25) is 0 Å². The van der Waals surface area contributed by atoms with Crippen LogP contribution in [0.1, 0.15) is 5.69 Å². The molecule has 0 saturated carbocycles.